The Morgan fingerprint density at radius 2 is 1.88 bits per heavy atom. The Morgan fingerprint density at radius 3 is 2.53 bits per heavy atom. The summed E-state index contributed by atoms with van der Waals surface area (Å²) in [5.74, 6) is -0.236. The predicted octanol–water partition coefficient (Wildman–Crippen LogP) is 6.67. The van der Waals surface area contributed by atoms with Gasteiger partial charge in [0.2, 0.25) is 0 Å². The van der Waals surface area contributed by atoms with E-state index in [0.717, 1.165) is 43.7 Å². The maximum atomic E-state index is 13.4. The molecule has 1 saturated carbocycles. The summed E-state index contributed by atoms with van der Waals surface area (Å²) >= 11 is 0. The topological polar surface area (TPSA) is 36.3 Å². The summed E-state index contributed by atoms with van der Waals surface area (Å²) in [4.78, 5) is 0. The van der Waals surface area contributed by atoms with E-state index < -0.39 is 8.32 Å². The van der Waals surface area contributed by atoms with E-state index in [0.29, 0.717) is 0 Å². The van der Waals surface area contributed by atoms with Crippen molar-refractivity contribution < 1.29 is 13.6 Å². The number of allylic oxidation sites excluding steroid dienone is 1. The van der Waals surface area contributed by atoms with Crippen molar-refractivity contribution in [1.29, 1.82) is 0 Å². The van der Waals surface area contributed by atoms with Crippen molar-refractivity contribution in [1.82, 2.24) is 9.78 Å². The number of benzene rings is 1. The normalized spacial score (nSPS) is 22.3. The molecule has 32 heavy (non-hydrogen) atoms. The van der Waals surface area contributed by atoms with Gasteiger partial charge in [-0.15, -0.1) is 0 Å². The molecule has 6 heteroatoms. The van der Waals surface area contributed by atoms with Gasteiger partial charge in [0, 0.05) is 12.0 Å². The highest BCUT2D eigenvalue weighted by molar-refractivity contribution is 6.74. The number of hydrogen-bond acceptors (Lipinski definition) is 3. The molecule has 172 valence electrons. The molecule has 0 amide bonds. The SMILES string of the molecule is COC=C1CCC2=Cc3c(cnn3-c3ccc(F)cc3)CC2(CO[Si](C)(C)C(C)(C)C)C1. The summed E-state index contributed by atoms with van der Waals surface area (Å²) in [7, 11) is -0.165. The highest BCUT2D eigenvalue weighted by Crippen LogP contribution is 2.51. The number of fused-ring (bicyclic) bond motifs is 2. The molecule has 2 aromatic rings. The van der Waals surface area contributed by atoms with Gasteiger partial charge in [0.25, 0.3) is 0 Å². The van der Waals surface area contributed by atoms with Crippen molar-refractivity contribution >= 4 is 14.4 Å². The van der Waals surface area contributed by atoms with Crippen molar-refractivity contribution in [2.75, 3.05) is 13.7 Å². The van der Waals surface area contributed by atoms with Crippen molar-refractivity contribution in [2.45, 2.75) is 64.6 Å². The van der Waals surface area contributed by atoms with Gasteiger partial charge in [0.15, 0.2) is 8.32 Å². The van der Waals surface area contributed by atoms with Crippen LogP contribution >= 0.6 is 0 Å². The van der Waals surface area contributed by atoms with Crippen molar-refractivity contribution in [2.24, 2.45) is 5.41 Å². The Hall–Kier alpha value is -2.18. The first-order chi connectivity index (χ1) is 15.0. The number of hydrogen-bond donors (Lipinski definition) is 0. The standard InChI is InChI=1S/C26H35FN2O2Si/c1-25(2,3)32(5,6)31-18-26-14-19(17-30-4)7-8-21(26)13-24-20(15-26)16-28-29(24)23-11-9-22(27)10-12-23/h9-13,16-17H,7-8,14-15,18H2,1-6H3. The second-order valence-corrected chi connectivity index (χ2v) is 15.6. The van der Waals surface area contributed by atoms with Gasteiger partial charge in [-0.2, -0.15) is 5.10 Å². The molecule has 4 nitrogen and oxygen atoms in total. The zero-order valence-corrected chi connectivity index (χ0v) is 21.2. The third-order valence-electron chi connectivity index (χ3n) is 7.56. The highest BCUT2D eigenvalue weighted by Gasteiger charge is 2.45. The van der Waals surface area contributed by atoms with Crippen LogP contribution in [0.2, 0.25) is 18.1 Å². The summed E-state index contributed by atoms with van der Waals surface area (Å²) in [6.07, 6.45) is 10.0. The fourth-order valence-electron chi connectivity index (χ4n) is 4.59. The zero-order valence-electron chi connectivity index (χ0n) is 20.2. The fourth-order valence-corrected chi connectivity index (χ4v) is 5.66. The van der Waals surface area contributed by atoms with Crippen LogP contribution in [-0.4, -0.2) is 31.8 Å². The summed E-state index contributed by atoms with van der Waals surface area (Å²) < 4.78 is 27.6. The summed E-state index contributed by atoms with van der Waals surface area (Å²) in [5.41, 5.74) is 5.91. The van der Waals surface area contributed by atoms with E-state index in [2.05, 4.69) is 45.0 Å². The van der Waals surface area contributed by atoms with Gasteiger partial charge in [0.05, 0.1) is 31.0 Å². The molecule has 0 N–H and O–H groups in total. The number of methoxy groups -OCH3 is 1. The van der Waals surface area contributed by atoms with Crippen molar-refractivity contribution in [3.05, 3.63) is 64.9 Å². The van der Waals surface area contributed by atoms with E-state index >= 15 is 0 Å². The molecule has 1 fully saturated rings. The van der Waals surface area contributed by atoms with Gasteiger partial charge in [-0.1, -0.05) is 26.3 Å². The molecule has 0 aliphatic heterocycles. The monoisotopic (exact) mass is 454 g/mol. The zero-order chi connectivity index (χ0) is 23.1. The Kier molecular flexibility index (Phi) is 5.97. The minimum atomic E-state index is -1.89. The van der Waals surface area contributed by atoms with E-state index in [9.17, 15) is 4.39 Å². The van der Waals surface area contributed by atoms with E-state index in [1.165, 1.54) is 28.8 Å². The molecule has 1 heterocycles. The van der Waals surface area contributed by atoms with E-state index in [4.69, 9.17) is 9.16 Å². The molecule has 1 aromatic carbocycles. The maximum absolute atomic E-state index is 13.4. The third-order valence-corrected chi connectivity index (χ3v) is 12.0. The summed E-state index contributed by atoms with van der Waals surface area (Å²) in [5, 5.41) is 4.84. The number of ether oxygens (including phenoxy) is 1. The van der Waals surface area contributed by atoms with E-state index in [-0.39, 0.29) is 16.3 Å². The fraction of sp³-hybridized carbons (Fsp3) is 0.500. The summed E-state index contributed by atoms with van der Waals surface area (Å²) in [6.45, 7) is 12.2. The number of aromatic nitrogens is 2. The smallest absolute Gasteiger partial charge is 0.192 e. The molecule has 4 rings (SSSR count). The van der Waals surface area contributed by atoms with Crippen LogP contribution in [0.25, 0.3) is 11.8 Å². The van der Waals surface area contributed by atoms with Crippen LogP contribution < -0.4 is 0 Å². The largest absolute Gasteiger partial charge is 0.504 e. The summed E-state index contributed by atoms with van der Waals surface area (Å²) in [6, 6.07) is 6.53. The van der Waals surface area contributed by atoms with Crippen molar-refractivity contribution in [3.63, 3.8) is 0 Å². The van der Waals surface area contributed by atoms with Gasteiger partial charge in [-0.05, 0) is 85.3 Å². The van der Waals surface area contributed by atoms with Crippen LogP contribution in [0, 0.1) is 11.2 Å². The van der Waals surface area contributed by atoms with Gasteiger partial charge < -0.3 is 9.16 Å². The van der Waals surface area contributed by atoms with Crippen LogP contribution in [0.1, 0.15) is 51.3 Å². The lowest BCUT2D eigenvalue weighted by molar-refractivity contribution is 0.148. The Morgan fingerprint density at radius 1 is 1.16 bits per heavy atom. The number of rotatable bonds is 5. The first-order valence-electron chi connectivity index (χ1n) is 11.4. The first-order valence-corrected chi connectivity index (χ1v) is 14.3. The maximum Gasteiger partial charge on any atom is 0.192 e. The Bertz CT molecular complexity index is 1050. The molecular formula is C26H35FN2O2Si. The average molecular weight is 455 g/mol. The molecule has 1 unspecified atom stereocenters. The molecule has 0 bridgehead atoms. The van der Waals surface area contributed by atoms with Gasteiger partial charge in [-0.25, -0.2) is 9.07 Å². The highest BCUT2D eigenvalue weighted by atomic mass is 28.4. The van der Waals surface area contributed by atoms with Gasteiger partial charge in [-0.3, -0.25) is 0 Å². The van der Waals surface area contributed by atoms with Gasteiger partial charge in [0.1, 0.15) is 5.82 Å². The average Bonchev–Trinajstić information content (AvgIpc) is 3.13. The van der Waals surface area contributed by atoms with E-state index in [1.54, 1.807) is 19.2 Å². The number of nitrogens with zero attached hydrogens (tertiary/aromatic N) is 2. The molecule has 1 aromatic heterocycles. The molecule has 1 atom stereocenters. The molecule has 2 aliphatic rings. The molecule has 2 aliphatic carbocycles. The second-order valence-electron chi connectivity index (χ2n) is 10.8. The van der Waals surface area contributed by atoms with E-state index in [1.807, 2.05) is 17.1 Å². The van der Waals surface area contributed by atoms with Crippen LogP contribution in [0.5, 0.6) is 0 Å². The lowest BCUT2D eigenvalue weighted by Crippen LogP contribution is -2.46. The minimum absolute atomic E-state index is 0.0677. The quantitative estimate of drug-likeness (QED) is 0.374. The molecule has 0 spiro atoms. The predicted molar refractivity (Wildman–Crippen MR) is 130 cm³/mol. The van der Waals surface area contributed by atoms with Crippen molar-refractivity contribution in [3.8, 4) is 5.69 Å². The van der Waals surface area contributed by atoms with Crippen LogP contribution in [0.15, 0.2) is 47.9 Å². The first kappa shape index (κ1) is 23.0. The minimum Gasteiger partial charge on any atom is -0.504 e. The molecular weight excluding hydrogens is 419 g/mol. The number of halogens is 1. The van der Waals surface area contributed by atoms with Crippen LogP contribution in [-0.2, 0) is 15.6 Å². The second kappa shape index (κ2) is 8.30. The van der Waals surface area contributed by atoms with Crippen LogP contribution in [0.4, 0.5) is 4.39 Å². The molecule has 0 radical (unpaired) electrons. The van der Waals surface area contributed by atoms with Crippen LogP contribution in [0.3, 0.4) is 0 Å². The Labute approximate surface area is 192 Å². The Balaban J connectivity index is 1.71. The van der Waals surface area contributed by atoms with Gasteiger partial charge >= 0.3 is 0 Å². The molecule has 0 saturated heterocycles. The lowest BCUT2D eigenvalue weighted by Gasteiger charge is -2.46. The third kappa shape index (κ3) is 4.22. The lowest BCUT2D eigenvalue weighted by atomic mass is 9.63.